The van der Waals surface area contributed by atoms with Crippen LogP contribution < -0.4 is 5.32 Å². The minimum Gasteiger partial charge on any atom is -0.298 e. The highest BCUT2D eigenvalue weighted by Crippen LogP contribution is 2.25. The number of hydrogen-bond acceptors (Lipinski definition) is 6. The van der Waals surface area contributed by atoms with Crippen molar-refractivity contribution < 1.29 is 13.2 Å². The lowest BCUT2D eigenvalue weighted by Crippen LogP contribution is -2.22. The van der Waals surface area contributed by atoms with Gasteiger partial charge in [-0.05, 0) is 30.3 Å². The van der Waals surface area contributed by atoms with Crippen LogP contribution >= 0.6 is 11.3 Å². The van der Waals surface area contributed by atoms with Crippen LogP contribution in [0.25, 0.3) is 11.3 Å². The number of hydrogen-bond donors (Lipinski definition) is 1. The van der Waals surface area contributed by atoms with Gasteiger partial charge < -0.3 is 0 Å². The highest BCUT2D eigenvalue weighted by Gasteiger charge is 2.19. The topological polar surface area (TPSA) is 92.3 Å². The average molecular weight is 388 g/mol. The zero-order valence-corrected chi connectivity index (χ0v) is 15.7. The summed E-state index contributed by atoms with van der Waals surface area (Å²) in [6, 6.07) is 9.56. The van der Waals surface area contributed by atoms with E-state index in [4.69, 9.17) is 0 Å². The first-order valence-electron chi connectivity index (χ1n) is 7.58. The third-order valence-corrected chi connectivity index (χ3v) is 6.14. The minimum atomic E-state index is -3.60. The molecule has 3 rings (SSSR count). The first kappa shape index (κ1) is 18.2. The lowest BCUT2D eigenvalue weighted by Gasteiger charge is -2.12. The Kier molecular flexibility index (Phi) is 5.12. The zero-order chi connectivity index (χ0) is 18.7. The van der Waals surface area contributed by atoms with Gasteiger partial charge in [0.2, 0.25) is 10.0 Å². The van der Waals surface area contributed by atoms with Gasteiger partial charge in [0.05, 0.1) is 10.6 Å². The van der Waals surface area contributed by atoms with E-state index in [0.717, 1.165) is 15.6 Å². The molecule has 0 radical (unpaired) electrons. The van der Waals surface area contributed by atoms with Crippen molar-refractivity contribution in [3.63, 3.8) is 0 Å². The van der Waals surface area contributed by atoms with Crippen molar-refractivity contribution in [2.45, 2.75) is 4.90 Å². The Balaban J connectivity index is 1.80. The number of thiazole rings is 1. The largest absolute Gasteiger partial charge is 0.298 e. The number of sulfonamides is 1. The third kappa shape index (κ3) is 3.79. The maximum Gasteiger partial charge on any atom is 0.257 e. The Morgan fingerprint density at radius 3 is 2.58 bits per heavy atom. The zero-order valence-electron chi connectivity index (χ0n) is 14.1. The SMILES string of the molecule is CN(C)S(=O)(=O)c1cccc(C(=O)Nc2nc(-c3ccncc3)cs2)c1. The Hall–Kier alpha value is -2.62. The Morgan fingerprint density at radius 1 is 1.15 bits per heavy atom. The maximum absolute atomic E-state index is 12.4. The fourth-order valence-electron chi connectivity index (χ4n) is 2.16. The summed E-state index contributed by atoms with van der Waals surface area (Å²) in [5, 5.41) is 4.96. The Bertz CT molecular complexity index is 1030. The van der Waals surface area contributed by atoms with E-state index in [2.05, 4.69) is 15.3 Å². The van der Waals surface area contributed by atoms with Crippen molar-refractivity contribution in [1.82, 2.24) is 14.3 Å². The molecule has 0 bridgehead atoms. The molecule has 2 heterocycles. The highest BCUT2D eigenvalue weighted by atomic mass is 32.2. The lowest BCUT2D eigenvalue weighted by molar-refractivity contribution is 0.102. The van der Waals surface area contributed by atoms with Crippen molar-refractivity contribution >= 4 is 32.4 Å². The van der Waals surface area contributed by atoms with Crippen molar-refractivity contribution in [3.05, 3.63) is 59.7 Å². The van der Waals surface area contributed by atoms with Crippen LogP contribution in [0.4, 0.5) is 5.13 Å². The molecule has 3 aromatic rings. The molecule has 0 aliphatic rings. The van der Waals surface area contributed by atoms with Crippen molar-refractivity contribution in [2.75, 3.05) is 19.4 Å². The lowest BCUT2D eigenvalue weighted by atomic mass is 10.2. The molecule has 0 aliphatic heterocycles. The number of carbonyl (C=O) groups excluding carboxylic acids is 1. The maximum atomic E-state index is 12.4. The molecule has 26 heavy (non-hydrogen) atoms. The summed E-state index contributed by atoms with van der Waals surface area (Å²) < 4.78 is 25.5. The van der Waals surface area contributed by atoms with Crippen LogP contribution in [0.15, 0.2) is 59.1 Å². The molecule has 0 saturated heterocycles. The van der Waals surface area contributed by atoms with E-state index in [-0.39, 0.29) is 10.5 Å². The van der Waals surface area contributed by atoms with E-state index < -0.39 is 15.9 Å². The number of anilines is 1. The third-order valence-electron chi connectivity index (χ3n) is 3.58. The van der Waals surface area contributed by atoms with Gasteiger partial charge >= 0.3 is 0 Å². The summed E-state index contributed by atoms with van der Waals surface area (Å²) in [6.07, 6.45) is 3.34. The van der Waals surface area contributed by atoms with Crippen LogP contribution in [0.3, 0.4) is 0 Å². The highest BCUT2D eigenvalue weighted by molar-refractivity contribution is 7.89. The molecule has 1 N–H and O–H groups in total. The van der Waals surface area contributed by atoms with Gasteiger partial charge in [-0.3, -0.25) is 15.1 Å². The molecule has 0 aliphatic carbocycles. The Morgan fingerprint density at radius 2 is 1.88 bits per heavy atom. The van der Waals surface area contributed by atoms with Gasteiger partial charge in [-0.25, -0.2) is 17.7 Å². The Labute approximate surface area is 155 Å². The monoisotopic (exact) mass is 388 g/mol. The number of benzene rings is 1. The van der Waals surface area contributed by atoms with Crippen molar-refractivity contribution in [1.29, 1.82) is 0 Å². The molecule has 7 nitrogen and oxygen atoms in total. The van der Waals surface area contributed by atoms with E-state index in [1.807, 2.05) is 17.5 Å². The first-order valence-corrected chi connectivity index (χ1v) is 9.90. The van der Waals surface area contributed by atoms with E-state index in [9.17, 15) is 13.2 Å². The molecule has 0 atom stereocenters. The van der Waals surface area contributed by atoms with E-state index >= 15 is 0 Å². The number of pyridine rings is 1. The number of aromatic nitrogens is 2. The second-order valence-corrected chi connectivity index (χ2v) is 8.55. The molecular formula is C17H16N4O3S2. The van der Waals surface area contributed by atoms with Crippen LogP contribution in [0.1, 0.15) is 10.4 Å². The summed E-state index contributed by atoms with van der Waals surface area (Å²) in [5.74, 6) is -0.420. The molecule has 2 aromatic heterocycles. The molecule has 0 fully saturated rings. The fourth-order valence-corrected chi connectivity index (χ4v) is 3.83. The van der Waals surface area contributed by atoms with Gasteiger partial charge in [0.15, 0.2) is 5.13 Å². The van der Waals surface area contributed by atoms with E-state index in [1.54, 1.807) is 18.5 Å². The average Bonchev–Trinajstić information content (AvgIpc) is 3.11. The molecule has 1 amide bonds. The minimum absolute atomic E-state index is 0.0618. The van der Waals surface area contributed by atoms with Gasteiger partial charge in [0.25, 0.3) is 5.91 Å². The van der Waals surface area contributed by atoms with E-state index in [1.165, 1.54) is 43.6 Å². The number of amides is 1. The summed E-state index contributed by atoms with van der Waals surface area (Å²) in [5.41, 5.74) is 1.88. The predicted octanol–water partition coefficient (Wildman–Crippen LogP) is 2.71. The van der Waals surface area contributed by atoms with Gasteiger partial charge in [0, 0.05) is 43.0 Å². The van der Waals surface area contributed by atoms with Crippen LogP contribution in [-0.2, 0) is 10.0 Å². The summed E-state index contributed by atoms with van der Waals surface area (Å²) in [7, 11) is -0.718. The molecule has 0 saturated carbocycles. The molecular weight excluding hydrogens is 372 g/mol. The standard InChI is InChI=1S/C17H16N4O3S2/c1-21(2)26(23,24)14-5-3-4-13(10-14)16(22)20-17-19-15(11-25-17)12-6-8-18-9-7-12/h3-11H,1-2H3,(H,19,20,22). The number of rotatable bonds is 5. The van der Waals surface area contributed by atoms with Crippen molar-refractivity contribution in [2.24, 2.45) is 0 Å². The second kappa shape index (κ2) is 7.32. The predicted molar refractivity (Wildman–Crippen MR) is 101 cm³/mol. The number of nitrogens with one attached hydrogen (secondary N) is 1. The van der Waals surface area contributed by atoms with Crippen LogP contribution in [0, 0.1) is 0 Å². The van der Waals surface area contributed by atoms with Crippen LogP contribution in [0.2, 0.25) is 0 Å². The van der Waals surface area contributed by atoms with Crippen LogP contribution in [0.5, 0.6) is 0 Å². The quantitative estimate of drug-likeness (QED) is 0.725. The molecule has 134 valence electrons. The molecule has 0 unspecified atom stereocenters. The normalized spacial score (nSPS) is 11.5. The number of nitrogens with zero attached hydrogens (tertiary/aromatic N) is 3. The first-order chi connectivity index (χ1) is 12.4. The van der Waals surface area contributed by atoms with E-state index in [0.29, 0.717) is 5.13 Å². The fraction of sp³-hybridized carbons (Fsp3) is 0.118. The summed E-state index contributed by atoms with van der Waals surface area (Å²) in [4.78, 5) is 20.8. The van der Waals surface area contributed by atoms with Gasteiger partial charge in [-0.2, -0.15) is 0 Å². The summed E-state index contributed by atoms with van der Waals surface area (Å²) in [6.45, 7) is 0. The molecule has 0 spiro atoms. The van der Waals surface area contributed by atoms with Crippen molar-refractivity contribution in [3.8, 4) is 11.3 Å². The molecule has 9 heteroatoms. The second-order valence-electron chi connectivity index (χ2n) is 5.54. The van der Waals surface area contributed by atoms with Gasteiger partial charge in [-0.1, -0.05) is 6.07 Å². The molecule has 1 aromatic carbocycles. The smallest absolute Gasteiger partial charge is 0.257 e. The summed E-state index contributed by atoms with van der Waals surface area (Å²) >= 11 is 1.29. The van der Waals surface area contributed by atoms with Crippen LogP contribution in [-0.4, -0.2) is 42.7 Å². The van der Waals surface area contributed by atoms with Gasteiger partial charge in [0.1, 0.15) is 0 Å². The van der Waals surface area contributed by atoms with Gasteiger partial charge in [-0.15, -0.1) is 11.3 Å². The number of carbonyl (C=O) groups is 1.